The van der Waals surface area contributed by atoms with E-state index in [1.54, 1.807) is 22.1 Å². The summed E-state index contributed by atoms with van der Waals surface area (Å²) in [5.74, 6) is 0.162. The summed E-state index contributed by atoms with van der Waals surface area (Å²) in [6.45, 7) is 4.82. The molecule has 196 valence electrons. The molecule has 36 heavy (non-hydrogen) atoms. The van der Waals surface area contributed by atoms with E-state index in [2.05, 4.69) is 4.99 Å². The van der Waals surface area contributed by atoms with Gasteiger partial charge in [-0.1, -0.05) is 6.07 Å². The Morgan fingerprint density at radius 2 is 1.83 bits per heavy atom. The van der Waals surface area contributed by atoms with Crippen LogP contribution >= 0.6 is 0 Å². The van der Waals surface area contributed by atoms with E-state index in [4.69, 9.17) is 15.2 Å². The average molecular weight is 519 g/mol. The molecule has 0 aromatic heterocycles. The van der Waals surface area contributed by atoms with E-state index in [9.17, 15) is 18.0 Å². The Labute approximate surface area is 212 Å². The average Bonchev–Trinajstić information content (AvgIpc) is 2.85. The van der Waals surface area contributed by atoms with Gasteiger partial charge in [-0.25, -0.2) is 13.2 Å². The largest absolute Gasteiger partial charge is 0.446 e. The smallest absolute Gasteiger partial charge is 0.414 e. The fourth-order valence-corrected chi connectivity index (χ4v) is 6.35. The number of nitrogens with zero attached hydrogens (tertiary/aromatic N) is 3. The molecule has 3 heterocycles. The number of hydrogen-bond acceptors (Lipinski definition) is 8. The summed E-state index contributed by atoms with van der Waals surface area (Å²) in [4.78, 5) is 33.5. The van der Waals surface area contributed by atoms with Crippen LogP contribution in [0.1, 0.15) is 45.1 Å². The van der Waals surface area contributed by atoms with Crippen molar-refractivity contribution in [2.24, 2.45) is 10.7 Å². The number of ether oxygens (including phenoxy) is 2. The third-order valence-electron chi connectivity index (χ3n) is 6.87. The molecular weight excluding hydrogens is 484 g/mol. The Morgan fingerprint density at radius 3 is 2.47 bits per heavy atom. The van der Waals surface area contributed by atoms with Gasteiger partial charge < -0.3 is 20.1 Å². The number of anilines is 2. The molecule has 2 saturated heterocycles. The molecule has 1 aromatic rings. The molecule has 3 aliphatic rings. The van der Waals surface area contributed by atoms with Crippen LogP contribution in [0.4, 0.5) is 16.2 Å². The predicted molar refractivity (Wildman–Crippen MR) is 139 cm³/mol. The van der Waals surface area contributed by atoms with E-state index in [0.29, 0.717) is 62.4 Å². The first-order valence-corrected chi connectivity index (χ1v) is 14.2. The molecule has 3 aliphatic heterocycles. The molecule has 2 N–H and O–H groups in total. The van der Waals surface area contributed by atoms with Gasteiger partial charge in [0.05, 0.1) is 48.2 Å². The number of amides is 2. The number of benzene rings is 1. The molecule has 1 atom stereocenters. The van der Waals surface area contributed by atoms with Gasteiger partial charge in [-0.05, 0) is 37.5 Å². The van der Waals surface area contributed by atoms with Crippen LogP contribution in [0.5, 0.6) is 0 Å². The second-order valence-electron chi connectivity index (χ2n) is 9.53. The lowest BCUT2D eigenvalue weighted by molar-refractivity contribution is -0.117. The first-order valence-electron chi connectivity index (χ1n) is 12.3. The van der Waals surface area contributed by atoms with Crippen LogP contribution in [0.3, 0.4) is 0 Å². The maximum absolute atomic E-state index is 13.2. The lowest BCUT2D eigenvalue weighted by Gasteiger charge is -2.41. The van der Waals surface area contributed by atoms with E-state index in [0.717, 1.165) is 5.56 Å². The number of sulfone groups is 1. The van der Waals surface area contributed by atoms with Gasteiger partial charge in [0.25, 0.3) is 0 Å². The van der Waals surface area contributed by atoms with Gasteiger partial charge in [-0.2, -0.15) is 0 Å². The van der Waals surface area contributed by atoms with Crippen molar-refractivity contribution < 1.29 is 27.5 Å². The monoisotopic (exact) mass is 518 g/mol. The van der Waals surface area contributed by atoms with Crippen molar-refractivity contribution in [3.8, 4) is 0 Å². The zero-order valence-electron chi connectivity index (χ0n) is 20.8. The molecule has 4 rings (SSSR count). The first kappa shape index (κ1) is 26.2. The summed E-state index contributed by atoms with van der Waals surface area (Å²) in [5, 5.41) is 0. The van der Waals surface area contributed by atoms with E-state index in [-0.39, 0.29) is 35.6 Å². The zero-order valence-corrected chi connectivity index (χ0v) is 21.6. The summed E-state index contributed by atoms with van der Waals surface area (Å²) in [7, 11) is -2.97. The number of fused-ring (bicyclic) bond motifs is 1. The summed E-state index contributed by atoms with van der Waals surface area (Å²) in [6.07, 6.45) is 4.71. The number of allylic oxidation sites excluding steroid dienone is 1. The van der Waals surface area contributed by atoms with Crippen molar-refractivity contribution in [3.63, 3.8) is 0 Å². The number of aliphatic imine (C=N–C) groups is 1. The molecule has 0 unspecified atom stereocenters. The SMILES string of the molecule is CC(=O)N1c2ccc(/C(C=NC3CCS(=O)(=O)CC3)=C/N)cc2N(C(=O)OC2CCOCC2)C[C@@H]1C. The normalized spacial score (nSPS) is 23.5. The predicted octanol–water partition coefficient (Wildman–Crippen LogP) is 2.51. The van der Waals surface area contributed by atoms with Gasteiger partial charge in [-0.15, -0.1) is 0 Å². The van der Waals surface area contributed by atoms with E-state index in [1.807, 2.05) is 19.1 Å². The van der Waals surface area contributed by atoms with Crippen LogP contribution < -0.4 is 15.5 Å². The van der Waals surface area contributed by atoms with Crippen molar-refractivity contribution in [2.45, 2.75) is 57.7 Å². The lowest BCUT2D eigenvalue weighted by Crippen LogP contribution is -2.52. The Morgan fingerprint density at radius 1 is 1.14 bits per heavy atom. The highest BCUT2D eigenvalue weighted by atomic mass is 32.2. The topological polar surface area (TPSA) is 132 Å². The number of carbonyl (C=O) groups is 2. The summed E-state index contributed by atoms with van der Waals surface area (Å²) in [5.41, 5.74) is 8.48. The Balaban J connectivity index is 1.61. The molecule has 0 saturated carbocycles. The van der Waals surface area contributed by atoms with Gasteiger partial charge in [-0.3, -0.25) is 14.7 Å². The number of nitrogens with two attached hydrogens (primary N) is 1. The molecular formula is C25H34N4O6S. The molecule has 0 aliphatic carbocycles. The zero-order chi connectivity index (χ0) is 25.9. The Bertz CT molecular complexity index is 1150. The Kier molecular flexibility index (Phi) is 7.99. The van der Waals surface area contributed by atoms with Crippen molar-refractivity contribution in [3.05, 3.63) is 30.0 Å². The third kappa shape index (κ3) is 5.89. The van der Waals surface area contributed by atoms with E-state index >= 15 is 0 Å². The summed E-state index contributed by atoms with van der Waals surface area (Å²) >= 11 is 0. The van der Waals surface area contributed by atoms with Gasteiger partial charge >= 0.3 is 6.09 Å². The number of hydrogen-bond donors (Lipinski definition) is 1. The summed E-state index contributed by atoms with van der Waals surface area (Å²) in [6, 6.07) is 5.16. The highest BCUT2D eigenvalue weighted by Crippen LogP contribution is 2.38. The van der Waals surface area contributed by atoms with Crippen molar-refractivity contribution >= 4 is 45.0 Å². The first-order chi connectivity index (χ1) is 17.2. The van der Waals surface area contributed by atoms with Crippen LogP contribution in [0.15, 0.2) is 29.4 Å². The molecule has 2 amide bonds. The van der Waals surface area contributed by atoms with Crippen LogP contribution in [0.25, 0.3) is 5.57 Å². The van der Waals surface area contributed by atoms with Crippen LogP contribution in [-0.4, -0.2) is 76.1 Å². The molecule has 10 nitrogen and oxygen atoms in total. The molecule has 0 bridgehead atoms. The molecule has 0 spiro atoms. The fraction of sp³-hybridized carbons (Fsp3) is 0.560. The van der Waals surface area contributed by atoms with Gasteiger partial charge in [0.2, 0.25) is 5.91 Å². The van der Waals surface area contributed by atoms with Crippen LogP contribution in [0, 0.1) is 0 Å². The lowest BCUT2D eigenvalue weighted by atomic mass is 10.0. The Hall–Kier alpha value is -2.92. The minimum atomic E-state index is -2.97. The van der Waals surface area contributed by atoms with Gasteiger partial charge in [0.15, 0.2) is 0 Å². The van der Waals surface area contributed by atoms with Crippen molar-refractivity contribution in [2.75, 3.05) is 41.1 Å². The van der Waals surface area contributed by atoms with Crippen molar-refractivity contribution in [1.82, 2.24) is 0 Å². The minimum Gasteiger partial charge on any atom is -0.446 e. The summed E-state index contributed by atoms with van der Waals surface area (Å²) < 4.78 is 34.5. The highest BCUT2D eigenvalue weighted by molar-refractivity contribution is 7.91. The quantitative estimate of drug-likeness (QED) is 0.606. The minimum absolute atomic E-state index is 0.0823. The highest BCUT2D eigenvalue weighted by Gasteiger charge is 2.35. The van der Waals surface area contributed by atoms with Gasteiger partial charge in [0.1, 0.15) is 15.9 Å². The fourth-order valence-electron chi connectivity index (χ4n) is 4.88. The van der Waals surface area contributed by atoms with E-state index < -0.39 is 15.9 Å². The van der Waals surface area contributed by atoms with E-state index in [1.165, 1.54) is 13.1 Å². The standard InChI is InChI=1S/C25H34N4O6S/c1-17-16-28(25(31)35-22-5-9-34-10-6-22)24-13-19(3-4-23(24)29(17)18(2)30)20(14-26)15-27-21-7-11-36(32,33)12-8-21/h3-4,13-15,17,21-22H,5-12,16,26H2,1-2H3/b20-14+,27-15?/t17-/m0/s1. The number of carbonyl (C=O) groups excluding carboxylic acids is 2. The van der Waals surface area contributed by atoms with Crippen LogP contribution in [-0.2, 0) is 24.1 Å². The molecule has 2 fully saturated rings. The second kappa shape index (κ2) is 11.0. The third-order valence-corrected chi connectivity index (χ3v) is 8.59. The van der Waals surface area contributed by atoms with Gasteiger partial charge in [0, 0.05) is 44.3 Å². The van der Waals surface area contributed by atoms with Crippen molar-refractivity contribution in [1.29, 1.82) is 0 Å². The van der Waals surface area contributed by atoms with Crippen LogP contribution in [0.2, 0.25) is 0 Å². The molecule has 1 aromatic carbocycles. The molecule has 0 radical (unpaired) electrons. The maximum atomic E-state index is 13.2. The maximum Gasteiger partial charge on any atom is 0.414 e. The number of rotatable bonds is 4. The second-order valence-corrected chi connectivity index (χ2v) is 11.8. The molecule has 11 heteroatoms.